The molecule has 2 heterocycles. The first-order chi connectivity index (χ1) is 11.6. The largest absolute Gasteiger partial charge is 0.497 e. The molecular formula is C16H21N3O5. The maximum absolute atomic E-state index is 12.4. The Bertz CT molecular complexity index is 606. The smallest absolute Gasteiger partial charge is 0.407 e. The Balaban J connectivity index is 1.62. The van der Waals surface area contributed by atoms with Crippen LogP contribution >= 0.6 is 0 Å². The number of amides is 2. The second-order valence-corrected chi connectivity index (χ2v) is 5.68. The van der Waals surface area contributed by atoms with Crippen LogP contribution in [0.2, 0.25) is 0 Å². The number of anilines is 1. The summed E-state index contributed by atoms with van der Waals surface area (Å²) in [6.45, 7) is 2.67. The van der Waals surface area contributed by atoms with E-state index in [1.54, 1.807) is 19.1 Å². The van der Waals surface area contributed by atoms with Crippen molar-refractivity contribution in [2.24, 2.45) is 0 Å². The van der Waals surface area contributed by atoms with Crippen molar-refractivity contribution in [3.8, 4) is 11.5 Å². The van der Waals surface area contributed by atoms with E-state index in [9.17, 15) is 9.59 Å². The Labute approximate surface area is 140 Å². The van der Waals surface area contributed by atoms with Gasteiger partial charge in [0, 0.05) is 50.1 Å². The number of benzene rings is 1. The molecule has 2 fully saturated rings. The van der Waals surface area contributed by atoms with Crippen LogP contribution in [0.25, 0.3) is 0 Å². The highest BCUT2D eigenvalue weighted by Gasteiger charge is 2.33. The van der Waals surface area contributed by atoms with Gasteiger partial charge in [0.25, 0.3) is 0 Å². The summed E-state index contributed by atoms with van der Waals surface area (Å²) in [7, 11) is 3.24. The predicted octanol–water partition coefficient (Wildman–Crippen LogP) is 0.461. The van der Waals surface area contributed by atoms with E-state index in [2.05, 4.69) is 10.2 Å². The lowest BCUT2D eigenvalue weighted by molar-refractivity contribution is -0.133. The summed E-state index contributed by atoms with van der Waals surface area (Å²) in [5.74, 6) is 1.37. The van der Waals surface area contributed by atoms with E-state index < -0.39 is 12.1 Å². The highest BCUT2D eigenvalue weighted by molar-refractivity contribution is 5.88. The number of piperazine rings is 1. The molecule has 24 heavy (non-hydrogen) atoms. The molecule has 1 N–H and O–H groups in total. The number of alkyl carbamates (subject to hydrolysis) is 1. The molecule has 8 heteroatoms. The van der Waals surface area contributed by atoms with Crippen molar-refractivity contribution in [2.45, 2.75) is 6.04 Å². The lowest BCUT2D eigenvalue weighted by atomic mass is 10.2. The summed E-state index contributed by atoms with van der Waals surface area (Å²) < 4.78 is 15.4. The van der Waals surface area contributed by atoms with Crippen LogP contribution in [0.5, 0.6) is 11.5 Å². The average Bonchev–Trinajstić information content (AvgIpc) is 3.07. The number of carbonyl (C=O) groups is 2. The SMILES string of the molecule is COc1cc(OC)cc(N2CCN(C(=O)[C@@H]3COC(=O)N3)CC2)c1. The molecule has 0 bridgehead atoms. The molecule has 2 aliphatic heterocycles. The fourth-order valence-electron chi connectivity index (χ4n) is 2.90. The third-order valence-corrected chi connectivity index (χ3v) is 4.26. The zero-order valence-corrected chi connectivity index (χ0v) is 13.8. The van der Waals surface area contributed by atoms with Crippen molar-refractivity contribution in [3.63, 3.8) is 0 Å². The molecule has 1 atom stereocenters. The predicted molar refractivity (Wildman–Crippen MR) is 86.6 cm³/mol. The van der Waals surface area contributed by atoms with Gasteiger partial charge in [-0.1, -0.05) is 0 Å². The van der Waals surface area contributed by atoms with E-state index in [0.717, 1.165) is 17.2 Å². The topological polar surface area (TPSA) is 80.3 Å². The highest BCUT2D eigenvalue weighted by atomic mass is 16.6. The number of carbonyl (C=O) groups excluding carboxylic acids is 2. The molecule has 2 aliphatic rings. The minimum atomic E-state index is -0.569. The highest BCUT2D eigenvalue weighted by Crippen LogP contribution is 2.29. The molecule has 2 amide bonds. The summed E-state index contributed by atoms with van der Waals surface area (Å²) in [4.78, 5) is 27.4. The third-order valence-electron chi connectivity index (χ3n) is 4.26. The number of nitrogens with one attached hydrogen (secondary N) is 1. The molecule has 0 aliphatic carbocycles. The second kappa shape index (κ2) is 6.86. The molecule has 0 saturated carbocycles. The van der Waals surface area contributed by atoms with Crippen LogP contribution in [0.15, 0.2) is 18.2 Å². The van der Waals surface area contributed by atoms with Crippen LogP contribution in [-0.4, -0.2) is 69.9 Å². The zero-order valence-electron chi connectivity index (χ0n) is 13.8. The van der Waals surface area contributed by atoms with E-state index in [1.165, 1.54) is 0 Å². The van der Waals surface area contributed by atoms with Gasteiger partial charge < -0.3 is 29.3 Å². The van der Waals surface area contributed by atoms with E-state index in [1.807, 2.05) is 18.2 Å². The number of cyclic esters (lactones) is 1. The number of hydrogen-bond donors (Lipinski definition) is 1. The Hall–Kier alpha value is -2.64. The summed E-state index contributed by atoms with van der Waals surface area (Å²) in [6.07, 6.45) is -0.532. The molecule has 1 aromatic rings. The zero-order chi connectivity index (χ0) is 17.1. The van der Waals surface area contributed by atoms with Crippen LogP contribution in [0.1, 0.15) is 0 Å². The average molecular weight is 335 g/mol. The summed E-state index contributed by atoms with van der Waals surface area (Å²) in [5.41, 5.74) is 0.996. The second-order valence-electron chi connectivity index (χ2n) is 5.68. The molecule has 3 rings (SSSR count). The van der Waals surface area contributed by atoms with Gasteiger partial charge in [-0.25, -0.2) is 4.79 Å². The van der Waals surface area contributed by atoms with Gasteiger partial charge in [0.2, 0.25) is 5.91 Å². The molecule has 130 valence electrons. The Morgan fingerprint density at radius 2 is 1.75 bits per heavy atom. The quantitative estimate of drug-likeness (QED) is 0.861. The van der Waals surface area contributed by atoms with Gasteiger partial charge >= 0.3 is 6.09 Å². The normalized spacial score (nSPS) is 20.4. The third kappa shape index (κ3) is 3.32. The number of hydrogen-bond acceptors (Lipinski definition) is 6. The maximum atomic E-state index is 12.4. The van der Waals surface area contributed by atoms with Gasteiger partial charge in [0.05, 0.1) is 14.2 Å². The van der Waals surface area contributed by atoms with Crippen LogP contribution in [-0.2, 0) is 9.53 Å². The minimum absolute atomic E-state index is 0.0938. The fourth-order valence-corrected chi connectivity index (χ4v) is 2.90. The van der Waals surface area contributed by atoms with Gasteiger partial charge in [-0.3, -0.25) is 4.79 Å². The number of nitrogens with zero attached hydrogens (tertiary/aromatic N) is 2. The minimum Gasteiger partial charge on any atom is -0.497 e. The van der Waals surface area contributed by atoms with Crippen molar-refractivity contribution in [3.05, 3.63) is 18.2 Å². The molecule has 2 saturated heterocycles. The molecular weight excluding hydrogens is 314 g/mol. The first kappa shape index (κ1) is 16.2. The first-order valence-electron chi connectivity index (χ1n) is 7.81. The monoisotopic (exact) mass is 335 g/mol. The number of ether oxygens (including phenoxy) is 3. The van der Waals surface area contributed by atoms with E-state index in [-0.39, 0.29) is 12.5 Å². The molecule has 0 unspecified atom stereocenters. The molecule has 0 spiro atoms. The van der Waals surface area contributed by atoms with Crippen molar-refractivity contribution < 1.29 is 23.8 Å². The van der Waals surface area contributed by atoms with E-state index >= 15 is 0 Å². The van der Waals surface area contributed by atoms with Gasteiger partial charge in [-0.05, 0) is 0 Å². The lowest BCUT2D eigenvalue weighted by Gasteiger charge is -2.37. The maximum Gasteiger partial charge on any atom is 0.407 e. The van der Waals surface area contributed by atoms with Gasteiger partial charge in [0.1, 0.15) is 24.1 Å². The Morgan fingerprint density at radius 1 is 1.12 bits per heavy atom. The van der Waals surface area contributed by atoms with Gasteiger partial charge in [-0.2, -0.15) is 0 Å². The lowest BCUT2D eigenvalue weighted by Crippen LogP contribution is -2.53. The molecule has 1 aromatic carbocycles. The van der Waals surface area contributed by atoms with Crippen LogP contribution < -0.4 is 19.7 Å². The van der Waals surface area contributed by atoms with Crippen molar-refractivity contribution in [1.82, 2.24) is 10.2 Å². The first-order valence-corrected chi connectivity index (χ1v) is 7.81. The van der Waals surface area contributed by atoms with E-state index in [4.69, 9.17) is 14.2 Å². The Morgan fingerprint density at radius 3 is 2.25 bits per heavy atom. The summed E-state index contributed by atoms with van der Waals surface area (Å²) in [6, 6.07) is 5.16. The summed E-state index contributed by atoms with van der Waals surface area (Å²) >= 11 is 0. The van der Waals surface area contributed by atoms with Crippen molar-refractivity contribution in [1.29, 1.82) is 0 Å². The molecule has 8 nitrogen and oxygen atoms in total. The fraction of sp³-hybridized carbons (Fsp3) is 0.500. The standard InChI is InChI=1S/C16H21N3O5/c1-22-12-7-11(8-13(9-12)23-2)18-3-5-19(6-4-18)15(20)14-10-24-16(21)17-14/h7-9,14H,3-6,10H2,1-2H3,(H,17,21)/t14-/m0/s1. The van der Waals surface area contributed by atoms with Gasteiger partial charge in [0.15, 0.2) is 0 Å². The number of rotatable bonds is 4. The van der Waals surface area contributed by atoms with E-state index in [0.29, 0.717) is 26.2 Å². The van der Waals surface area contributed by atoms with Crippen molar-refractivity contribution in [2.75, 3.05) is 51.9 Å². The van der Waals surface area contributed by atoms with Crippen LogP contribution in [0.4, 0.5) is 10.5 Å². The van der Waals surface area contributed by atoms with Gasteiger partial charge in [-0.15, -0.1) is 0 Å². The number of methoxy groups -OCH3 is 2. The Kier molecular flexibility index (Phi) is 4.64. The summed E-state index contributed by atoms with van der Waals surface area (Å²) in [5, 5.41) is 2.52. The van der Waals surface area contributed by atoms with Crippen LogP contribution in [0, 0.1) is 0 Å². The molecule has 0 aromatic heterocycles. The van der Waals surface area contributed by atoms with Crippen LogP contribution in [0.3, 0.4) is 0 Å². The molecule has 0 radical (unpaired) electrons. The van der Waals surface area contributed by atoms with Crippen molar-refractivity contribution >= 4 is 17.7 Å².